The summed E-state index contributed by atoms with van der Waals surface area (Å²) in [5.74, 6) is 1.87. The molecule has 0 saturated carbocycles. The highest BCUT2D eigenvalue weighted by molar-refractivity contribution is 6.99. The average molecular weight is 680 g/mol. The Morgan fingerprint density at radius 1 is 0.547 bits per heavy atom. The van der Waals surface area contributed by atoms with Crippen LogP contribution in [0.3, 0.4) is 0 Å². The van der Waals surface area contributed by atoms with Crippen LogP contribution in [0.1, 0.15) is 25.0 Å². The largest absolute Gasteiger partial charge is 0.458 e. The number of pyridine rings is 1. The molecular formula is C48H34BN3O. The van der Waals surface area contributed by atoms with Crippen LogP contribution in [0.4, 0.5) is 34.1 Å². The predicted octanol–water partition coefficient (Wildman–Crippen LogP) is 10.4. The first kappa shape index (κ1) is 30.1. The molecule has 1 aliphatic carbocycles. The van der Waals surface area contributed by atoms with Gasteiger partial charge in [0.15, 0.2) is 0 Å². The van der Waals surface area contributed by atoms with Crippen LogP contribution < -0.4 is 30.9 Å². The van der Waals surface area contributed by atoms with Gasteiger partial charge in [-0.1, -0.05) is 86.6 Å². The molecule has 0 bridgehead atoms. The molecule has 3 heterocycles. The topological polar surface area (TPSA) is 28.6 Å². The zero-order chi connectivity index (χ0) is 35.3. The average Bonchev–Trinajstić information content (AvgIpc) is 3.41. The van der Waals surface area contributed by atoms with E-state index in [0.29, 0.717) is 0 Å². The lowest BCUT2D eigenvalue weighted by atomic mass is 9.34. The fourth-order valence-electron chi connectivity index (χ4n) is 9.10. The summed E-state index contributed by atoms with van der Waals surface area (Å²) in [5.41, 5.74) is 15.6. The van der Waals surface area contributed by atoms with Crippen molar-refractivity contribution in [2.75, 3.05) is 9.80 Å². The second-order valence-electron chi connectivity index (χ2n) is 14.8. The Balaban J connectivity index is 1.06. The molecule has 53 heavy (non-hydrogen) atoms. The summed E-state index contributed by atoms with van der Waals surface area (Å²) in [5, 5.41) is 2.44. The summed E-state index contributed by atoms with van der Waals surface area (Å²) in [7, 11) is 0. The van der Waals surface area contributed by atoms with Gasteiger partial charge in [-0.3, -0.25) is 4.98 Å². The number of hydrogen-bond donors (Lipinski definition) is 0. The molecule has 0 unspecified atom stereocenters. The molecule has 8 aromatic rings. The number of fused-ring (bicyclic) bond motifs is 8. The summed E-state index contributed by atoms with van der Waals surface area (Å²) in [6.07, 6.45) is 3.71. The third-order valence-corrected chi connectivity index (χ3v) is 11.5. The molecule has 5 heteroatoms. The van der Waals surface area contributed by atoms with Crippen molar-refractivity contribution in [3.63, 3.8) is 0 Å². The molecule has 0 amide bonds. The van der Waals surface area contributed by atoms with Gasteiger partial charge in [-0.15, -0.1) is 0 Å². The molecule has 0 atom stereocenters. The van der Waals surface area contributed by atoms with Crippen LogP contribution >= 0.6 is 0 Å². The second-order valence-corrected chi connectivity index (χ2v) is 14.8. The molecule has 0 N–H and O–H groups in total. The van der Waals surface area contributed by atoms with Crippen molar-refractivity contribution in [3.8, 4) is 22.6 Å². The van der Waals surface area contributed by atoms with Crippen molar-refractivity contribution >= 4 is 68.0 Å². The molecular weight excluding hydrogens is 645 g/mol. The van der Waals surface area contributed by atoms with Crippen molar-refractivity contribution in [1.29, 1.82) is 0 Å². The number of benzene rings is 7. The maximum Gasteiger partial charge on any atom is 0.256 e. The van der Waals surface area contributed by atoms with E-state index in [9.17, 15) is 0 Å². The lowest BCUT2D eigenvalue weighted by Crippen LogP contribution is -2.59. The highest BCUT2D eigenvalue weighted by atomic mass is 16.5. The first-order valence-electron chi connectivity index (χ1n) is 18.3. The number of hydrogen-bond acceptors (Lipinski definition) is 4. The lowest BCUT2D eigenvalue weighted by Gasteiger charge is -2.40. The third-order valence-electron chi connectivity index (χ3n) is 11.5. The van der Waals surface area contributed by atoms with Crippen molar-refractivity contribution in [3.05, 3.63) is 181 Å². The Bertz CT molecular complexity index is 2710. The SMILES string of the molecule is CC1(C)c2cc3c(cc2-c2cc4ccc(N(c5ccccc5)c5ccncc5)cc4cc21)Oc1cccc2c1B3c1ccccc1N2c1ccccc1. The van der Waals surface area contributed by atoms with E-state index in [4.69, 9.17) is 4.74 Å². The summed E-state index contributed by atoms with van der Waals surface area (Å²) >= 11 is 0. The van der Waals surface area contributed by atoms with E-state index in [1.54, 1.807) is 0 Å². The molecule has 1 aromatic heterocycles. The van der Waals surface area contributed by atoms with Crippen molar-refractivity contribution in [2.24, 2.45) is 0 Å². The molecule has 0 radical (unpaired) electrons. The number of nitrogens with zero attached hydrogens (tertiary/aromatic N) is 3. The fourth-order valence-corrected chi connectivity index (χ4v) is 9.10. The highest BCUT2D eigenvalue weighted by Crippen LogP contribution is 2.52. The zero-order valence-corrected chi connectivity index (χ0v) is 29.5. The number of ether oxygens (including phenoxy) is 1. The number of para-hydroxylation sites is 3. The van der Waals surface area contributed by atoms with E-state index < -0.39 is 0 Å². The Hall–Kier alpha value is -6.59. The van der Waals surface area contributed by atoms with Crippen LogP contribution in [0.5, 0.6) is 11.5 Å². The summed E-state index contributed by atoms with van der Waals surface area (Å²) in [6.45, 7) is 4.81. The van der Waals surface area contributed by atoms with Gasteiger partial charge in [0.25, 0.3) is 6.71 Å². The first-order chi connectivity index (χ1) is 26.0. The van der Waals surface area contributed by atoms with E-state index in [1.807, 2.05) is 12.4 Å². The van der Waals surface area contributed by atoms with E-state index in [0.717, 1.165) is 34.2 Å². The molecule has 7 aromatic carbocycles. The predicted molar refractivity (Wildman–Crippen MR) is 220 cm³/mol. The molecule has 250 valence electrons. The van der Waals surface area contributed by atoms with Gasteiger partial charge < -0.3 is 14.5 Å². The van der Waals surface area contributed by atoms with Crippen molar-refractivity contribution in [2.45, 2.75) is 19.3 Å². The number of rotatable bonds is 4. The summed E-state index contributed by atoms with van der Waals surface area (Å²) in [4.78, 5) is 8.97. The van der Waals surface area contributed by atoms with Gasteiger partial charge in [0.05, 0.1) is 0 Å². The van der Waals surface area contributed by atoms with Crippen LogP contribution in [0.25, 0.3) is 21.9 Å². The van der Waals surface area contributed by atoms with Gasteiger partial charge in [-0.25, -0.2) is 0 Å². The van der Waals surface area contributed by atoms with Crippen LogP contribution in [0.15, 0.2) is 170 Å². The van der Waals surface area contributed by atoms with Crippen LogP contribution in [0.2, 0.25) is 0 Å². The minimum absolute atomic E-state index is 0.0599. The smallest absolute Gasteiger partial charge is 0.256 e. The molecule has 0 spiro atoms. The second kappa shape index (κ2) is 11.2. The third kappa shape index (κ3) is 4.40. The maximum atomic E-state index is 6.91. The van der Waals surface area contributed by atoms with Crippen molar-refractivity contribution in [1.82, 2.24) is 4.98 Å². The Morgan fingerprint density at radius 3 is 2.08 bits per heavy atom. The molecule has 0 saturated heterocycles. The molecule has 4 nitrogen and oxygen atoms in total. The van der Waals surface area contributed by atoms with Crippen LogP contribution in [0, 0.1) is 0 Å². The van der Waals surface area contributed by atoms with Gasteiger partial charge in [0.2, 0.25) is 0 Å². The molecule has 3 aliphatic rings. The van der Waals surface area contributed by atoms with E-state index in [-0.39, 0.29) is 12.1 Å². The minimum Gasteiger partial charge on any atom is -0.458 e. The molecule has 2 aliphatic heterocycles. The highest BCUT2D eigenvalue weighted by Gasteiger charge is 2.44. The maximum absolute atomic E-state index is 6.91. The summed E-state index contributed by atoms with van der Waals surface area (Å²) < 4.78 is 6.91. The normalized spacial score (nSPS) is 14.1. The first-order valence-corrected chi connectivity index (χ1v) is 18.3. The van der Waals surface area contributed by atoms with Crippen molar-refractivity contribution < 1.29 is 4.74 Å². The minimum atomic E-state index is -0.210. The monoisotopic (exact) mass is 679 g/mol. The molecule has 11 rings (SSSR count). The molecule has 0 fully saturated rings. The Labute approximate surface area is 309 Å². The van der Waals surface area contributed by atoms with Gasteiger partial charge in [0, 0.05) is 51.9 Å². The van der Waals surface area contributed by atoms with E-state index in [2.05, 4.69) is 186 Å². The Morgan fingerprint density at radius 2 is 1.25 bits per heavy atom. The van der Waals surface area contributed by atoms with Gasteiger partial charge in [-0.05, 0) is 134 Å². The quantitative estimate of drug-likeness (QED) is 0.173. The zero-order valence-electron chi connectivity index (χ0n) is 29.5. The standard InChI is InChI=1S/C48H34BN3O/c1-48(2)39-28-32-26-36(51(33-12-5-3-6-13-33)35-22-24-50-25-23-35)21-20-31(32)27-37(39)38-29-46-42(30-40(38)48)49-41-16-9-10-17-43(41)52(34-14-7-4-8-15-34)44-18-11-19-45(53-46)47(44)49/h3-30H,1-2H3. The van der Waals surface area contributed by atoms with E-state index >= 15 is 0 Å². The fraction of sp³-hybridized carbons (Fsp3) is 0.0625. The number of aromatic nitrogens is 1. The Kier molecular flexibility index (Phi) is 6.36. The van der Waals surface area contributed by atoms with Crippen LogP contribution in [-0.2, 0) is 5.41 Å². The van der Waals surface area contributed by atoms with Gasteiger partial charge in [0.1, 0.15) is 11.5 Å². The van der Waals surface area contributed by atoms with Gasteiger partial charge in [-0.2, -0.15) is 0 Å². The number of anilines is 6. The lowest BCUT2D eigenvalue weighted by molar-refractivity contribution is 0.487. The summed E-state index contributed by atoms with van der Waals surface area (Å²) in [6, 6.07) is 57.1. The van der Waals surface area contributed by atoms with E-state index in [1.165, 1.54) is 60.8 Å². The van der Waals surface area contributed by atoms with Crippen LogP contribution in [-0.4, -0.2) is 11.7 Å². The van der Waals surface area contributed by atoms with Gasteiger partial charge >= 0.3 is 0 Å².